The predicted molar refractivity (Wildman–Crippen MR) is 72.9 cm³/mol. The Balaban J connectivity index is 2.73. The predicted octanol–water partition coefficient (Wildman–Crippen LogP) is 3.90. The summed E-state index contributed by atoms with van der Waals surface area (Å²) >= 11 is 17.1. The Hall–Kier alpha value is -0.120. The van der Waals surface area contributed by atoms with Gasteiger partial charge in [0, 0.05) is 17.0 Å². The van der Waals surface area contributed by atoms with Gasteiger partial charge in [-0.25, -0.2) is 0 Å². The fraction of sp³-hybridized carbons (Fsp3) is 0.636. The fourth-order valence-electron chi connectivity index (χ4n) is 1.64. The average molecular weight is 280 g/mol. The van der Waals surface area contributed by atoms with Crippen molar-refractivity contribution in [2.45, 2.75) is 31.6 Å². The lowest BCUT2D eigenvalue weighted by Crippen LogP contribution is -2.26. The Morgan fingerprint density at radius 3 is 2.88 bits per heavy atom. The van der Waals surface area contributed by atoms with Crippen LogP contribution in [0.4, 0.5) is 0 Å². The van der Waals surface area contributed by atoms with Gasteiger partial charge in [0.2, 0.25) is 0 Å². The van der Waals surface area contributed by atoms with Crippen LogP contribution in [0.1, 0.15) is 26.2 Å². The molecule has 2 atom stereocenters. The molecule has 2 unspecified atom stereocenters. The molecule has 1 rings (SSSR count). The van der Waals surface area contributed by atoms with Crippen LogP contribution in [0.3, 0.4) is 0 Å². The minimum absolute atomic E-state index is 0.0291. The number of nitrogens with one attached hydrogen (secondary N) is 1. The van der Waals surface area contributed by atoms with Gasteiger partial charge in [-0.05, 0) is 19.3 Å². The van der Waals surface area contributed by atoms with E-state index in [1.165, 1.54) is 5.37 Å². The lowest BCUT2D eigenvalue weighted by atomic mass is 9.89. The van der Waals surface area contributed by atoms with Crippen molar-refractivity contribution in [3.8, 4) is 0 Å². The second-order valence-electron chi connectivity index (χ2n) is 3.80. The zero-order valence-electron chi connectivity index (χ0n) is 9.13. The van der Waals surface area contributed by atoms with E-state index >= 15 is 0 Å². The summed E-state index contributed by atoms with van der Waals surface area (Å²) in [5.41, 5.74) is 0.424. The first kappa shape index (κ1) is 13.9. The Labute approximate surface area is 111 Å². The Morgan fingerprint density at radius 1 is 1.69 bits per heavy atom. The monoisotopic (exact) mass is 279 g/mol. The van der Waals surface area contributed by atoms with Gasteiger partial charge >= 0.3 is 0 Å². The molecular formula is C11H15Cl2NOS. The van der Waals surface area contributed by atoms with E-state index in [2.05, 4.69) is 0 Å². The van der Waals surface area contributed by atoms with Crippen molar-refractivity contribution in [1.29, 1.82) is 5.41 Å². The number of allylic oxidation sites excluding steroid dienone is 2. The SMILES string of the molecule is CCCOC1=C(Cl)CC(C(=N)C=S)CC1Cl. The van der Waals surface area contributed by atoms with Crippen molar-refractivity contribution < 1.29 is 4.74 Å². The highest BCUT2D eigenvalue weighted by Gasteiger charge is 2.30. The van der Waals surface area contributed by atoms with Gasteiger partial charge in [0.15, 0.2) is 0 Å². The van der Waals surface area contributed by atoms with E-state index < -0.39 is 0 Å². The standard InChI is InChI=1S/C11H15Cl2NOS/c1-2-3-15-11-8(12)4-7(5-9(11)13)10(14)6-16/h6-8,14H,2-5H2,1H3. The molecule has 0 aromatic heterocycles. The van der Waals surface area contributed by atoms with E-state index in [1.807, 2.05) is 6.92 Å². The number of halogens is 2. The number of hydrogen-bond donors (Lipinski definition) is 1. The second kappa shape index (κ2) is 6.58. The van der Waals surface area contributed by atoms with Crippen LogP contribution in [0.2, 0.25) is 0 Å². The third-order valence-electron chi connectivity index (χ3n) is 2.50. The molecule has 16 heavy (non-hydrogen) atoms. The molecule has 0 aliphatic heterocycles. The zero-order chi connectivity index (χ0) is 12.1. The quantitative estimate of drug-likeness (QED) is 0.470. The summed E-state index contributed by atoms with van der Waals surface area (Å²) in [5.74, 6) is 0.708. The van der Waals surface area contributed by atoms with Gasteiger partial charge in [-0.15, -0.1) is 11.6 Å². The van der Waals surface area contributed by atoms with Crippen LogP contribution in [0, 0.1) is 11.3 Å². The van der Waals surface area contributed by atoms with Gasteiger partial charge in [-0.1, -0.05) is 30.7 Å². The highest BCUT2D eigenvalue weighted by Crippen LogP contribution is 2.36. The molecule has 0 radical (unpaired) electrons. The van der Waals surface area contributed by atoms with Gasteiger partial charge in [0.1, 0.15) is 5.76 Å². The summed E-state index contributed by atoms with van der Waals surface area (Å²) in [7, 11) is 0. The average Bonchev–Trinajstić information content (AvgIpc) is 2.26. The van der Waals surface area contributed by atoms with E-state index in [4.69, 9.17) is 45.6 Å². The molecule has 0 saturated carbocycles. The molecule has 0 amide bonds. The first-order chi connectivity index (χ1) is 7.60. The number of ether oxygens (including phenoxy) is 1. The largest absolute Gasteiger partial charge is 0.495 e. The molecule has 1 N–H and O–H groups in total. The maximum absolute atomic E-state index is 7.68. The lowest BCUT2D eigenvalue weighted by Gasteiger charge is -2.27. The van der Waals surface area contributed by atoms with Crippen LogP contribution in [0.15, 0.2) is 10.8 Å². The van der Waals surface area contributed by atoms with Crippen molar-refractivity contribution >= 4 is 46.5 Å². The third kappa shape index (κ3) is 3.44. The van der Waals surface area contributed by atoms with E-state index in [0.717, 1.165) is 6.42 Å². The van der Waals surface area contributed by atoms with Crippen molar-refractivity contribution in [1.82, 2.24) is 0 Å². The summed E-state index contributed by atoms with van der Waals surface area (Å²) < 4.78 is 5.53. The smallest absolute Gasteiger partial charge is 0.128 e. The number of alkyl halides is 1. The molecule has 0 heterocycles. The summed E-state index contributed by atoms with van der Waals surface area (Å²) in [5, 5.41) is 9.45. The Morgan fingerprint density at radius 2 is 2.38 bits per heavy atom. The molecule has 1 aliphatic carbocycles. The number of rotatable bonds is 5. The second-order valence-corrected chi connectivity index (χ2v) is 5.01. The first-order valence-corrected chi connectivity index (χ1v) is 6.57. The summed E-state index contributed by atoms with van der Waals surface area (Å²) in [6, 6.07) is 0. The van der Waals surface area contributed by atoms with Crippen molar-refractivity contribution in [3.63, 3.8) is 0 Å². The van der Waals surface area contributed by atoms with Gasteiger partial charge in [-0.3, -0.25) is 0 Å². The summed E-state index contributed by atoms with van der Waals surface area (Å²) in [6.07, 6.45) is 2.20. The molecule has 0 spiro atoms. The third-order valence-corrected chi connectivity index (χ3v) is 3.47. The molecule has 0 aromatic carbocycles. The molecule has 90 valence electrons. The molecule has 1 aliphatic rings. The van der Waals surface area contributed by atoms with Gasteiger partial charge in [0.25, 0.3) is 0 Å². The molecule has 0 aromatic rings. The lowest BCUT2D eigenvalue weighted by molar-refractivity contribution is 0.193. The zero-order valence-corrected chi connectivity index (χ0v) is 11.5. The van der Waals surface area contributed by atoms with Crippen LogP contribution in [-0.2, 0) is 4.74 Å². The van der Waals surface area contributed by atoms with E-state index in [-0.39, 0.29) is 11.3 Å². The Kier molecular flexibility index (Phi) is 5.73. The summed E-state index contributed by atoms with van der Waals surface area (Å²) in [6.45, 7) is 2.66. The first-order valence-electron chi connectivity index (χ1n) is 5.29. The van der Waals surface area contributed by atoms with E-state index in [0.29, 0.717) is 36.0 Å². The maximum Gasteiger partial charge on any atom is 0.128 e. The highest BCUT2D eigenvalue weighted by molar-refractivity contribution is 7.80. The normalized spacial score (nSPS) is 25.4. The number of hydrogen-bond acceptors (Lipinski definition) is 3. The molecule has 0 saturated heterocycles. The van der Waals surface area contributed by atoms with Crippen LogP contribution in [0.25, 0.3) is 0 Å². The minimum Gasteiger partial charge on any atom is -0.495 e. The van der Waals surface area contributed by atoms with Crippen LogP contribution in [-0.4, -0.2) is 23.1 Å². The van der Waals surface area contributed by atoms with Crippen molar-refractivity contribution in [3.05, 3.63) is 10.8 Å². The van der Waals surface area contributed by atoms with Crippen LogP contribution >= 0.6 is 35.4 Å². The number of thiocarbonyl (C=S) groups is 1. The molecular weight excluding hydrogens is 265 g/mol. The molecule has 0 bridgehead atoms. The van der Waals surface area contributed by atoms with Crippen LogP contribution < -0.4 is 0 Å². The topological polar surface area (TPSA) is 33.1 Å². The maximum atomic E-state index is 7.68. The van der Waals surface area contributed by atoms with Gasteiger partial charge in [-0.2, -0.15) is 0 Å². The van der Waals surface area contributed by atoms with E-state index in [1.54, 1.807) is 0 Å². The minimum atomic E-state index is -0.242. The molecule has 5 heteroatoms. The van der Waals surface area contributed by atoms with E-state index in [9.17, 15) is 0 Å². The van der Waals surface area contributed by atoms with Crippen molar-refractivity contribution in [2.24, 2.45) is 5.92 Å². The highest BCUT2D eigenvalue weighted by atomic mass is 35.5. The van der Waals surface area contributed by atoms with Crippen LogP contribution in [0.5, 0.6) is 0 Å². The molecule has 2 nitrogen and oxygen atoms in total. The van der Waals surface area contributed by atoms with Crippen molar-refractivity contribution in [2.75, 3.05) is 6.61 Å². The fourth-order valence-corrected chi connectivity index (χ4v) is 2.67. The van der Waals surface area contributed by atoms with Gasteiger partial charge in [0.05, 0.1) is 17.0 Å². The summed E-state index contributed by atoms with van der Waals surface area (Å²) in [4.78, 5) is 0. The molecule has 0 fully saturated rings. The Bertz CT molecular complexity index is 317. The van der Waals surface area contributed by atoms with Gasteiger partial charge < -0.3 is 10.1 Å².